The van der Waals surface area contributed by atoms with E-state index in [4.69, 9.17) is 11.6 Å². The molecule has 122 valence electrons. The zero-order valence-electron chi connectivity index (χ0n) is 12.3. The highest BCUT2D eigenvalue weighted by Crippen LogP contribution is 2.20. The molecule has 0 bridgehead atoms. The highest BCUT2D eigenvalue weighted by Gasteiger charge is 2.14. The van der Waals surface area contributed by atoms with Crippen LogP contribution in [0.1, 0.15) is 15.9 Å². The van der Waals surface area contributed by atoms with E-state index in [0.29, 0.717) is 21.9 Å². The summed E-state index contributed by atoms with van der Waals surface area (Å²) < 4.78 is 16.1. The Morgan fingerprint density at radius 2 is 2.04 bits per heavy atom. The van der Waals surface area contributed by atoms with Gasteiger partial charge in [0.15, 0.2) is 0 Å². The highest BCUT2D eigenvalue weighted by molar-refractivity contribution is 9.10. The first-order chi connectivity index (χ1) is 11.5. The third-order valence-corrected chi connectivity index (χ3v) is 4.27. The molecule has 1 heterocycles. The molecule has 3 rings (SSSR count). The number of amides is 1. The summed E-state index contributed by atoms with van der Waals surface area (Å²) >= 11 is 9.31. The van der Waals surface area contributed by atoms with Crippen molar-refractivity contribution >= 4 is 39.3 Å². The van der Waals surface area contributed by atoms with Gasteiger partial charge in [-0.2, -0.15) is 5.10 Å². The maximum absolute atomic E-state index is 13.9. The average molecular weight is 409 g/mol. The Bertz CT molecular complexity index is 897. The molecule has 1 aromatic heterocycles. The third-order valence-electron chi connectivity index (χ3n) is 3.41. The number of benzene rings is 2. The Morgan fingerprint density at radius 1 is 1.25 bits per heavy atom. The molecule has 0 unspecified atom stereocenters. The number of carbonyl (C=O) groups excluding carboxylic acids is 1. The SMILES string of the molecule is O=C(Nc1ccnn1Cc1ccccc1Cl)c1ccc(Br)cc1F. The normalized spacial score (nSPS) is 10.6. The number of halogens is 3. The lowest BCUT2D eigenvalue weighted by Gasteiger charge is -2.10. The molecule has 0 aliphatic heterocycles. The lowest BCUT2D eigenvalue weighted by atomic mass is 10.2. The van der Waals surface area contributed by atoms with Gasteiger partial charge in [0.2, 0.25) is 0 Å². The van der Waals surface area contributed by atoms with Crippen molar-refractivity contribution in [2.75, 3.05) is 5.32 Å². The van der Waals surface area contributed by atoms with Crippen molar-refractivity contribution in [3.05, 3.63) is 81.2 Å². The molecule has 3 aromatic rings. The number of hydrogen-bond acceptors (Lipinski definition) is 2. The van der Waals surface area contributed by atoms with E-state index in [2.05, 4.69) is 26.3 Å². The number of anilines is 1. The van der Waals surface area contributed by atoms with E-state index in [1.54, 1.807) is 29.1 Å². The maximum Gasteiger partial charge on any atom is 0.259 e. The van der Waals surface area contributed by atoms with Gasteiger partial charge in [0, 0.05) is 15.6 Å². The molecule has 0 saturated heterocycles. The summed E-state index contributed by atoms with van der Waals surface area (Å²) in [6.45, 7) is 0.394. The summed E-state index contributed by atoms with van der Waals surface area (Å²) in [7, 11) is 0. The zero-order valence-corrected chi connectivity index (χ0v) is 14.7. The van der Waals surface area contributed by atoms with Gasteiger partial charge in [-0.1, -0.05) is 45.7 Å². The second kappa shape index (κ2) is 7.15. The van der Waals surface area contributed by atoms with Gasteiger partial charge < -0.3 is 5.32 Å². The Balaban J connectivity index is 1.80. The van der Waals surface area contributed by atoms with Crippen LogP contribution in [-0.4, -0.2) is 15.7 Å². The van der Waals surface area contributed by atoms with Gasteiger partial charge in [-0.05, 0) is 29.8 Å². The monoisotopic (exact) mass is 407 g/mol. The second-order valence-corrected chi connectivity index (χ2v) is 6.37. The molecule has 0 atom stereocenters. The summed E-state index contributed by atoms with van der Waals surface area (Å²) in [5.74, 6) is -0.679. The Hall–Kier alpha value is -2.18. The first kappa shape index (κ1) is 16.7. The lowest BCUT2D eigenvalue weighted by molar-refractivity contribution is 0.102. The number of carbonyl (C=O) groups is 1. The van der Waals surface area contributed by atoms with Crippen LogP contribution >= 0.6 is 27.5 Å². The molecule has 24 heavy (non-hydrogen) atoms. The van der Waals surface area contributed by atoms with E-state index >= 15 is 0 Å². The van der Waals surface area contributed by atoms with Gasteiger partial charge in [0.1, 0.15) is 11.6 Å². The van der Waals surface area contributed by atoms with Crippen molar-refractivity contribution in [1.29, 1.82) is 0 Å². The lowest BCUT2D eigenvalue weighted by Crippen LogP contribution is -2.17. The topological polar surface area (TPSA) is 46.9 Å². The molecule has 1 N–H and O–H groups in total. The fourth-order valence-electron chi connectivity index (χ4n) is 2.21. The van der Waals surface area contributed by atoms with Crippen LogP contribution in [0.3, 0.4) is 0 Å². The van der Waals surface area contributed by atoms with Gasteiger partial charge in [-0.25, -0.2) is 9.07 Å². The minimum Gasteiger partial charge on any atom is -0.307 e. The third kappa shape index (κ3) is 3.66. The predicted octanol–water partition coefficient (Wildman–Crippen LogP) is 4.74. The summed E-state index contributed by atoms with van der Waals surface area (Å²) in [5, 5.41) is 7.46. The van der Waals surface area contributed by atoms with E-state index in [0.717, 1.165) is 5.56 Å². The number of nitrogens with zero attached hydrogens (tertiary/aromatic N) is 2. The smallest absolute Gasteiger partial charge is 0.259 e. The van der Waals surface area contributed by atoms with Crippen LogP contribution in [0.5, 0.6) is 0 Å². The summed E-state index contributed by atoms with van der Waals surface area (Å²) in [4.78, 5) is 12.3. The van der Waals surface area contributed by atoms with Crippen LogP contribution < -0.4 is 5.32 Å². The largest absolute Gasteiger partial charge is 0.307 e. The minimum atomic E-state index is -0.598. The molecule has 0 aliphatic rings. The molecule has 0 saturated carbocycles. The van der Waals surface area contributed by atoms with E-state index < -0.39 is 11.7 Å². The van der Waals surface area contributed by atoms with Crippen molar-refractivity contribution in [2.45, 2.75) is 6.54 Å². The Kier molecular flexibility index (Phi) is 4.97. The molecule has 0 radical (unpaired) electrons. The van der Waals surface area contributed by atoms with E-state index in [1.165, 1.54) is 12.1 Å². The van der Waals surface area contributed by atoms with Crippen LogP contribution in [0.25, 0.3) is 0 Å². The summed E-state index contributed by atoms with van der Waals surface area (Å²) in [5.41, 5.74) is 0.830. The Morgan fingerprint density at radius 3 is 2.79 bits per heavy atom. The molecule has 2 aromatic carbocycles. The number of nitrogens with one attached hydrogen (secondary N) is 1. The van der Waals surface area contributed by atoms with Crippen LogP contribution in [-0.2, 0) is 6.54 Å². The standard InChI is InChI=1S/C17H12BrClFN3O/c18-12-5-6-13(15(20)9-12)17(24)22-16-7-8-21-23(16)10-11-3-1-2-4-14(11)19/h1-9H,10H2,(H,22,24). The fraction of sp³-hybridized carbons (Fsp3) is 0.0588. The number of aromatic nitrogens is 2. The van der Waals surface area contributed by atoms with Gasteiger partial charge >= 0.3 is 0 Å². The van der Waals surface area contributed by atoms with Gasteiger partial charge in [0.25, 0.3) is 5.91 Å². The van der Waals surface area contributed by atoms with E-state index in [-0.39, 0.29) is 5.56 Å². The zero-order chi connectivity index (χ0) is 17.1. The minimum absolute atomic E-state index is 0.0382. The van der Waals surface area contributed by atoms with Crippen LogP contribution in [0.2, 0.25) is 5.02 Å². The molecule has 7 heteroatoms. The van der Waals surface area contributed by atoms with Gasteiger partial charge in [0.05, 0.1) is 18.3 Å². The molecule has 1 amide bonds. The highest BCUT2D eigenvalue weighted by atomic mass is 79.9. The van der Waals surface area contributed by atoms with E-state index in [9.17, 15) is 9.18 Å². The molecular weight excluding hydrogens is 397 g/mol. The van der Waals surface area contributed by atoms with Crippen molar-refractivity contribution in [3.8, 4) is 0 Å². The molecule has 4 nitrogen and oxygen atoms in total. The molecule has 0 spiro atoms. The molecule has 0 fully saturated rings. The van der Waals surface area contributed by atoms with Crippen molar-refractivity contribution in [1.82, 2.24) is 9.78 Å². The number of hydrogen-bond donors (Lipinski definition) is 1. The first-order valence-electron chi connectivity index (χ1n) is 7.06. The summed E-state index contributed by atoms with van der Waals surface area (Å²) in [6, 6.07) is 13.3. The van der Waals surface area contributed by atoms with Gasteiger partial charge in [-0.3, -0.25) is 4.79 Å². The maximum atomic E-state index is 13.9. The van der Waals surface area contributed by atoms with Crippen molar-refractivity contribution < 1.29 is 9.18 Å². The predicted molar refractivity (Wildman–Crippen MR) is 94.8 cm³/mol. The van der Waals surface area contributed by atoms with E-state index in [1.807, 2.05) is 18.2 Å². The quantitative estimate of drug-likeness (QED) is 0.678. The van der Waals surface area contributed by atoms with Crippen LogP contribution in [0, 0.1) is 5.82 Å². The van der Waals surface area contributed by atoms with Crippen molar-refractivity contribution in [3.63, 3.8) is 0 Å². The average Bonchev–Trinajstić information content (AvgIpc) is 2.96. The van der Waals surface area contributed by atoms with Crippen LogP contribution in [0.4, 0.5) is 10.2 Å². The molecular formula is C17H12BrClFN3O. The second-order valence-electron chi connectivity index (χ2n) is 5.04. The fourth-order valence-corrected chi connectivity index (χ4v) is 2.74. The van der Waals surface area contributed by atoms with Gasteiger partial charge in [-0.15, -0.1) is 0 Å². The Labute approximate surface area is 151 Å². The van der Waals surface area contributed by atoms with Crippen LogP contribution in [0.15, 0.2) is 59.2 Å². The number of rotatable bonds is 4. The van der Waals surface area contributed by atoms with Crippen molar-refractivity contribution in [2.24, 2.45) is 0 Å². The summed E-state index contributed by atoms with van der Waals surface area (Å²) in [6.07, 6.45) is 1.56. The molecule has 0 aliphatic carbocycles. The first-order valence-corrected chi connectivity index (χ1v) is 8.23.